The van der Waals surface area contributed by atoms with Gasteiger partial charge in [-0.3, -0.25) is 10.6 Å². The van der Waals surface area contributed by atoms with Crippen LogP contribution < -0.4 is 33.2 Å². The molecule has 0 aliphatic heterocycles. The molecule has 0 spiro atoms. The van der Waals surface area contributed by atoms with Crippen molar-refractivity contribution < 1.29 is 0 Å². The lowest BCUT2D eigenvalue weighted by atomic mass is 10.7. The number of nitrogens with one attached hydrogen (secondary N) is 3. The van der Waals surface area contributed by atoms with Gasteiger partial charge in [0, 0.05) is 26.7 Å². The summed E-state index contributed by atoms with van der Waals surface area (Å²) in [6.45, 7) is 5.35. The summed E-state index contributed by atoms with van der Waals surface area (Å²) in [7, 11) is 0. The number of hydrogen-bond donors (Lipinski definition) is 6. The minimum absolute atomic E-state index is 0.469. The molecule has 0 atom stereocenters. The molecule has 0 radical (unpaired) electrons. The average molecular weight is 178 g/mol. The highest BCUT2D eigenvalue weighted by Crippen LogP contribution is 1.46. The van der Waals surface area contributed by atoms with Gasteiger partial charge in [-0.05, 0) is 6.54 Å². The molecule has 76 valence electrons. The Kier molecular flexibility index (Phi) is 20.3. The van der Waals surface area contributed by atoms with E-state index >= 15 is 0 Å². The van der Waals surface area contributed by atoms with Crippen molar-refractivity contribution in [3.05, 3.63) is 0 Å². The van der Waals surface area contributed by atoms with Gasteiger partial charge >= 0.3 is 0 Å². The van der Waals surface area contributed by atoms with Crippen LogP contribution in [-0.4, -0.2) is 33.2 Å². The Morgan fingerprint density at radius 2 is 1.33 bits per heavy atom. The summed E-state index contributed by atoms with van der Waals surface area (Å²) in [6, 6.07) is 0. The zero-order valence-corrected chi connectivity index (χ0v) is 7.77. The molecule has 0 unspecified atom stereocenters. The topological polar surface area (TPSA) is 114 Å². The van der Waals surface area contributed by atoms with Crippen LogP contribution in [0.25, 0.3) is 0 Å². The van der Waals surface area contributed by atoms with E-state index in [1.54, 1.807) is 0 Å². The molecule has 0 heterocycles. The summed E-state index contributed by atoms with van der Waals surface area (Å²) < 4.78 is 0. The number of rotatable bonds is 6. The van der Waals surface area contributed by atoms with Crippen LogP contribution in [0.5, 0.6) is 0 Å². The predicted octanol–water partition coefficient (Wildman–Crippen LogP) is -2.53. The first-order valence-corrected chi connectivity index (χ1v) is 4.05. The lowest BCUT2D eigenvalue weighted by Gasteiger charge is -1.98. The molecule has 0 rings (SSSR count). The Morgan fingerprint density at radius 3 is 1.58 bits per heavy atom. The standard InChI is InChI=1S/C4H13N3.C2H9N3/c1-2-6-4-7-3-5;3-1-5-2-4/h6-7H,2-5H2,1H3;5H,1-4H2. The van der Waals surface area contributed by atoms with E-state index < -0.39 is 0 Å². The summed E-state index contributed by atoms with van der Waals surface area (Å²) in [6.07, 6.45) is 0. The van der Waals surface area contributed by atoms with Crippen molar-refractivity contribution in [2.75, 3.05) is 33.2 Å². The van der Waals surface area contributed by atoms with Crippen LogP contribution in [0.2, 0.25) is 0 Å². The molecule has 0 aromatic rings. The fourth-order valence-corrected chi connectivity index (χ4v) is 0.369. The third-order valence-electron chi connectivity index (χ3n) is 0.933. The molecule has 6 heteroatoms. The Balaban J connectivity index is 0. The second-order valence-electron chi connectivity index (χ2n) is 1.89. The monoisotopic (exact) mass is 178 g/mol. The highest BCUT2D eigenvalue weighted by atomic mass is 15.1. The van der Waals surface area contributed by atoms with Gasteiger partial charge in [0.15, 0.2) is 0 Å². The Hall–Kier alpha value is -0.240. The zero-order valence-electron chi connectivity index (χ0n) is 7.77. The summed E-state index contributed by atoms with van der Waals surface area (Å²) >= 11 is 0. The molecule has 0 saturated heterocycles. The van der Waals surface area contributed by atoms with Crippen LogP contribution in [0.1, 0.15) is 6.92 Å². The Bertz CT molecular complexity index is 54.0. The first kappa shape index (κ1) is 14.3. The van der Waals surface area contributed by atoms with E-state index in [9.17, 15) is 0 Å². The maximum Gasteiger partial charge on any atom is 0.0464 e. The van der Waals surface area contributed by atoms with Gasteiger partial charge in [0.1, 0.15) is 0 Å². The van der Waals surface area contributed by atoms with Gasteiger partial charge in [-0.2, -0.15) is 0 Å². The number of hydrogen-bond acceptors (Lipinski definition) is 6. The first-order chi connectivity index (χ1) is 5.83. The Morgan fingerprint density at radius 1 is 0.833 bits per heavy atom. The molecule has 0 aromatic heterocycles. The quantitative estimate of drug-likeness (QED) is 0.197. The van der Waals surface area contributed by atoms with Gasteiger partial charge in [0.2, 0.25) is 0 Å². The lowest BCUT2D eigenvalue weighted by molar-refractivity contribution is 0.608. The summed E-state index contributed by atoms with van der Waals surface area (Å²) in [4.78, 5) is 0. The van der Waals surface area contributed by atoms with Gasteiger partial charge in [0.05, 0.1) is 0 Å². The molecule has 12 heavy (non-hydrogen) atoms. The molecule has 6 nitrogen and oxygen atoms in total. The molecule has 0 fully saturated rings. The zero-order chi connectivity index (χ0) is 9.66. The third kappa shape index (κ3) is 22.6. The van der Waals surface area contributed by atoms with Crippen LogP contribution in [0.15, 0.2) is 0 Å². The van der Waals surface area contributed by atoms with Crippen molar-refractivity contribution in [3.63, 3.8) is 0 Å². The predicted molar refractivity (Wildman–Crippen MR) is 52.0 cm³/mol. The van der Waals surface area contributed by atoms with Crippen LogP contribution in [0.4, 0.5) is 0 Å². The highest BCUT2D eigenvalue weighted by Gasteiger charge is 1.73. The molecule has 0 aliphatic carbocycles. The molecule has 0 aromatic carbocycles. The number of nitrogens with two attached hydrogens (primary N) is 3. The fraction of sp³-hybridized carbons (Fsp3) is 1.00. The minimum atomic E-state index is 0.469. The molecule has 0 bridgehead atoms. The summed E-state index contributed by atoms with van der Waals surface area (Å²) in [5.74, 6) is 0. The van der Waals surface area contributed by atoms with Crippen LogP contribution in [-0.2, 0) is 0 Å². The van der Waals surface area contributed by atoms with E-state index in [0.29, 0.717) is 20.0 Å². The van der Waals surface area contributed by atoms with Crippen LogP contribution >= 0.6 is 0 Å². The normalized spacial score (nSPS) is 9.00. The molecule has 0 saturated carbocycles. The van der Waals surface area contributed by atoms with Gasteiger partial charge in [-0.25, -0.2) is 0 Å². The smallest absolute Gasteiger partial charge is 0.0464 e. The van der Waals surface area contributed by atoms with Gasteiger partial charge in [0.25, 0.3) is 0 Å². The van der Waals surface area contributed by atoms with Crippen molar-refractivity contribution >= 4 is 0 Å². The van der Waals surface area contributed by atoms with E-state index in [2.05, 4.69) is 22.9 Å². The van der Waals surface area contributed by atoms with Crippen LogP contribution in [0, 0.1) is 0 Å². The van der Waals surface area contributed by atoms with E-state index in [1.165, 1.54) is 0 Å². The second-order valence-corrected chi connectivity index (χ2v) is 1.89. The average Bonchev–Trinajstić information content (AvgIpc) is 2.08. The molecule has 0 amide bonds. The van der Waals surface area contributed by atoms with Crippen molar-refractivity contribution in [2.45, 2.75) is 6.92 Å². The van der Waals surface area contributed by atoms with Crippen LogP contribution in [0.3, 0.4) is 0 Å². The van der Waals surface area contributed by atoms with Crippen molar-refractivity contribution in [2.24, 2.45) is 17.2 Å². The van der Waals surface area contributed by atoms with E-state index in [4.69, 9.17) is 17.2 Å². The maximum absolute atomic E-state index is 5.12. The molecular weight excluding hydrogens is 156 g/mol. The first-order valence-electron chi connectivity index (χ1n) is 4.05. The highest BCUT2D eigenvalue weighted by molar-refractivity contribution is 4.35. The minimum Gasteiger partial charge on any atom is -0.318 e. The maximum atomic E-state index is 5.12. The van der Waals surface area contributed by atoms with Gasteiger partial charge in [-0.15, -0.1) is 0 Å². The van der Waals surface area contributed by atoms with Gasteiger partial charge < -0.3 is 22.5 Å². The van der Waals surface area contributed by atoms with Gasteiger partial charge in [-0.1, -0.05) is 6.92 Å². The SMILES string of the molecule is CCNCNCN.NCNCN. The van der Waals surface area contributed by atoms with Crippen molar-refractivity contribution in [1.82, 2.24) is 16.0 Å². The second kappa shape index (κ2) is 17.0. The molecule has 0 aliphatic rings. The molecular formula is C6H22N6. The van der Waals surface area contributed by atoms with E-state index in [0.717, 1.165) is 13.2 Å². The third-order valence-corrected chi connectivity index (χ3v) is 0.933. The van der Waals surface area contributed by atoms with Crippen molar-refractivity contribution in [3.8, 4) is 0 Å². The van der Waals surface area contributed by atoms with E-state index in [1.807, 2.05) is 0 Å². The fourth-order valence-electron chi connectivity index (χ4n) is 0.369. The Labute approximate surface area is 74.2 Å². The lowest BCUT2D eigenvalue weighted by Crippen LogP contribution is -2.32. The summed E-state index contributed by atoms with van der Waals surface area (Å²) in [5.41, 5.74) is 15.0. The van der Waals surface area contributed by atoms with E-state index in [-0.39, 0.29) is 0 Å². The summed E-state index contributed by atoms with van der Waals surface area (Å²) in [5, 5.41) is 8.64. The largest absolute Gasteiger partial charge is 0.318 e. The molecule has 9 N–H and O–H groups in total. The van der Waals surface area contributed by atoms with Crippen molar-refractivity contribution in [1.29, 1.82) is 0 Å².